The Hall–Kier alpha value is -4.31. The van der Waals surface area contributed by atoms with Gasteiger partial charge in [-0.15, -0.1) is 0 Å². The lowest BCUT2D eigenvalue weighted by Crippen LogP contribution is -2.40. The number of hydrogen-bond donors (Lipinski definition) is 2. The van der Waals surface area contributed by atoms with Gasteiger partial charge in [-0.05, 0) is 56.2 Å². The second kappa shape index (κ2) is 11.4. The predicted octanol–water partition coefficient (Wildman–Crippen LogP) is 6.06. The molecule has 2 N–H and O–H groups in total. The Morgan fingerprint density at radius 3 is 2.24 bits per heavy atom. The van der Waals surface area contributed by atoms with Crippen molar-refractivity contribution in [3.8, 4) is 6.07 Å². The minimum atomic E-state index is -0.344. The Morgan fingerprint density at radius 1 is 1.05 bits per heavy atom. The molecular formula is C31H33N5O2. The summed E-state index contributed by atoms with van der Waals surface area (Å²) in [4.78, 5) is 14.9. The minimum absolute atomic E-state index is 0.257. The zero-order valence-electron chi connectivity index (χ0n) is 21.9. The number of anilines is 1. The first-order chi connectivity index (χ1) is 18.5. The summed E-state index contributed by atoms with van der Waals surface area (Å²) in [5.74, 6) is 1.44. The Labute approximate surface area is 223 Å². The van der Waals surface area contributed by atoms with Crippen molar-refractivity contribution < 1.29 is 9.32 Å². The van der Waals surface area contributed by atoms with Crippen LogP contribution in [0, 0.1) is 31.1 Å². The van der Waals surface area contributed by atoms with Crippen LogP contribution in [0.4, 0.5) is 10.5 Å². The van der Waals surface area contributed by atoms with E-state index >= 15 is 0 Å². The normalized spacial score (nSPS) is 17.9. The molecule has 0 bridgehead atoms. The van der Waals surface area contributed by atoms with Crippen LogP contribution in [-0.4, -0.2) is 35.2 Å². The number of nitriles is 1. The Bertz CT molecular complexity index is 1300. The second-order valence-corrected chi connectivity index (χ2v) is 10.0. The highest BCUT2D eigenvalue weighted by molar-refractivity contribution is 5.90. The number of nitrogens with one attached hydrogen (secondary N) is 2. The Kier molecular flexibility index (Phi) is 7.60. The van der Waals surface area contributed by atoms with Crippen LogP contribution in [0.5, 0.6) is 0 Å². The molecule has 2 heterocycles. The summed E-state index contributed by atoms with van der Waals surface area (Å²) in [7, 11) is 0. The van der Waals surface area contributed by atoms with Crippen molar-refractivity contribution >= 4 is 11.7 Å². The zero-order chi connectivity index (χ0) is 26.5. The molecule has 3 aromatic rings. The van der Waals surface area contributed by atoms with E-state index in [9.17, 15) is 10.1 Å². The molecule has 5 rings (SSSR count). The number of piperidine rings is 1. The van der Waals surface area contributed by atoms with Gasteiger partial charge in [0.2, 0.25) is 0 Å². The number of hydrogen-bond acceptors (Lipinski definition) is 5. The van der Waals surface area contributed by atoms with Crippen molar-refractivity contribution in [2.45, 2.75) is 45.1 Å². The summed E-state index contributed by atoms with van der Waals surface area (Å²) in [5, 5.41) is 19.5. The number of carbonyl (C=O) groups excluding carboxylic acids is 1. The van der Waals surface area contributed by atoms with E-state index in [4.69, 9.17) is 4.52 Å². The van der Waals surface area contributed by atoms with E-state index < -0.39 is 0 Å². The molecule has 1 saturated heterocycles. The average molecular weight is 508 g/mol. The fraction of sp³-hybridized carbons (Fsp3) is 0.323. The van der Waals surface area contributed by atoms with E-state index in [2.05, 4.69) is 93.5 Å². The third-order valence-corrected chi connectivity index (χ3v) is 7.59. The van der Waals surface area contributed by atoms with E-state index in [-0.39, 0.29) is 12.1 Å². The minimum Gasteiger partial charge on any atom is -0.371 e. The quantitative estimate of drug-likeness (QED) is 0.423. The largest absolute Gasteiger partial charge is 0.371 e. The summed E-state index contributed by atoms with van der Waals surface area (Å²) in [6, 6.07) is 23.3. The number of nitrogens with zero attached hydrogens (tertiary/aromatic N) is 3. The molecule has 1 fully saturated rings. The molecule has 1 aliphatic heterocycles. The standard InChI is InChI=1S/C31H33N5O2/c1-21-30(22(2)38-35-21)34-31(37)33-27-13-14-28(26(19-27)20-32)36-17-15-25(16-18-36)29(23-9-5-3-6-10-23)24-11-7-4-8-12-24/h3-12,14,19,25,27,29H,13,15-18H2,1-2H3,(H2,33,34,37). The van der Waals surface area contributed by atoms with Crippen molar-refractivity contribution in [1.82, 2.24) is 15.4 Å². The molecule has 1 aliphatic carbocycles. The van der Waals surface area contributed by atoms with E-state index in [0.29, 0.717) is 41.0 Å². The van der Waals surface area contributed by atoms with Crippen LogP contribution >= 0.6 is 0 Å². The van der Waals surface area contributed by atoms with E-state index in [0.717, 1.165) is 31.6 Å². The third kappa shape index (κ3) is 5.50. The third-order valence-electron chi connectivity index (χ3n) is 7.59. The maximum absolute atomic E-state index is 12.6. The number of aromatic nitrogens is 1. The molecule has 2 aromatic carbocycles. The SMILES string of the molecule is Cc1noc(C)c1NC(=O)NC1C=C(C#N)C(N2CCC(C(c3ccccc3)c3ccccc3)CC2)=CC1. The van der Waals surface area contributed by atoms with Crippen LogP contribution < -0.4 is 10.6 Å². The first-order valence-corrected chi connectivity index (χ1v) is 13.2. The topological polar surface area (TPSA) is 94.2 Å². The highest BCUT2D eigenvalue weighted by Gasteiger charge is 2.31. The summed E-state index contributed by atoms with van der Waals surface area (Å²) >= 11 is 0. The van der Waals surface area contributed by atoms with Crippen molar-refractivity contribution in [1.29, 1.82) is 5.26 Å². The molecule has 7 heteroatoms. The van der Waals surface area contributed by atoms with Crippen molar-refractivity contribution in [3.05, 3.63) is 107 Å². The van der Waals surface area contributed by atoms with Gasteiger partial charge in [0.1, 0.15) is 17.5 Å². The molecule has 1 atom stereocenters. The van der Waals surface area contributed by atoms with Gasteiger partial charge >= 0.3 is 6.03 Å². The van der Waals surface area contributed by atoms with Crippen molar-refractivity contribution in [3.63, 3.8) is 0 Å². The highest BCUT2D eigenvalue weighted by Crippen LogP contribution is 2.39. The molecule has 1 unspecified atom stereocenters. The van der Waals surface area contributed by atoms with Gasteiger partial charge in [-0.3, -0.25) is 0 Å². The maximum Gasteiger partial charge on any atom is 0.319 e. The number of allylic oxidation sites excluding steroid dienone is 1. The first-order valence-electron chi connectivity index (χ1n) is 13.2. The lowest BCUT2D eigenvalue weighted by Gasteiger charge is -2.39. The van der Waals surface area contributed by atoms with Gasteiger partial charge in [0.15, 0.2) is 5.76 Å². The number of urea groups is 1. The number of aryl methyl sites for hydroxylation is 2. The van der Waals surface area contributed by atoms with Gasteiger partial charge in [0, 0.05) is 19.0 Å². The van der Waals surface area contributed by atoms with Gasteiger partial charge < -0.3 is 20.1 Å². The van der Waals surface area contributed by atoms with E-state index in [1.165, 1.54) is 11.1 Å². The van der Waals surface area contributed by atoms with E-state index in [1.54, 1.807) is 13.8 Å². The average Bonchev–Trinajstić information content (AvgIpc) is 3.27. The maximum atomic E-state index is 12.6. The summed E-state index contributed by atoms with van der Waals surface area (Å²) in [6.45, 7) is 5.33. The number of benzene rings is 2. The van der Waals surface area contributed by atoms with Crippen LogP contribution in [0.1, 0.15) is 47.8 Å². The molecular weight excluding hydrogens is 474 g/mol. The summed E-state index contributed by atoms with van der Waals surface area (Å²) < 4.78 is 5.11. The molecule has 0 radical (unpaired) electrons. The van der Waals surface area contributed by atoms with Crippen LogP contribution in [0.2, 0.25) is 0 Å². The van der Waals surface area contributed by atoms with Gasteiger partial charge in [-0.1, -0.05) is 71.9 Å². The smallest absolute Gasteiger partial charge is 0.319 e. The van der Waals surface area contributed by atoms with Crippen LogP contribution in [0.25, 0.3) is 0 Å². The van der Waals surface area contributed by atoms with Crippen LogP contribution in [-0.2, 0) is 0 Å². The van der Waals surface area contributed by atoms with Crippen LogP contribution in [0.3, 0.4) is 0 Å². The Balaban J connectivity index is 1.23. The molecule has 1 aromatic heterocycles. The lowest BCUT2D eigenvalue weighted by molar-refractivity contribution is 0.216. The zero-order valence-corrected chi connectivity index (χ0v) is 21.9. The fourth-order valence-corrected chi connectivity index (χ4v) is 5.71. The summed E-state index contributed by atoms with van der Waals surface area (Å²) in [6.07, 6.45) is 6.68. The van der Waals surface area contributed by atoms with E-state index in [1.807, 2.05) is 6.08 Å². The second-order valence-electron chi connectivity index (χ2n) is 10.0. The van der Waals surface area contributed by atoms with Gasteiger partial charge in [-0.2, -0.15) is 5.26 Å². The molecule has 2 amide bonds. The number of carbonyl (C=O) groups is 1. The molecule has 7 nitrogen and oxygen atoms in total. The van der Waals surface area contributed by atoms with Crippen molar-refractivity contribution in [2.75, 3.05) is 18.4 Å². The first kappa shape index (κ1) is 25.3. The van der Waals surface area contributed by atoms with Gasteiger partial charge in [0.25, 0.3) is 0 Å². The number of likely N-dealkylation sites (tertiary alicyclic amines) is 1. The predicted molar refractivity (Wildman–Crippen MR) is 147 cm³/mol. The monoisotopic (exact) mass is 507 g/mol. The lowest BCUT2D eigenvalue weighted by atomic mass is 9.76. The molecule has 0 spiro atoms. The molecule has 194 valence electrons. The molecule has 2 aliphatic rings. The van der Waals surface area contributed by atoms with Gasteiger partial charge in [-0.25, -0.2) is 4.79 Å². The Morgan fingerprint density at radius 2 is 1.68 bits per heavy atom. The van der Waals surface area contributed by atoms with Crippen LogP contribution in [0.15, 0.2) is 88.6 Å². The highest BCUT2D eigenvalue weighted by atomic mass is 16.5. The number of amides is 2. The molecule has 0 saturated carbocycles. The van der Waals surface area contributed by atoms with Crippen molar-refractivity contribution in [2.24, 2.45) is 5.92 Å². The molecule has 38 heavy (non-hydrogen) atoms. The fourth-order valence-electron chi connectivity index (χ4n) is 5.71. The van der Waals surface area contributed by atoms with Gasteiger partial charge in [0.05, 0.1) is 17.3 Å². The summed E-state index contributed by atoms with van der Waals surface area (Å²) in [5.41, 5.74) is 5.50. The number of rotatable bonds is 6.